The highest BCUT2D eigenvalue weighted by Gasteiger charge is 2.35. The maximum atomic E-state index is 12.9. The number of benzene rings is 2. The van der Waals surface area contributed by atoms with Gasteiger partial charge >= 0.3 is 6.09 Å². The molecule has 0 saturated carbocycles. The zero-order valence-electron chi connectivity index (χ0n) is 20.6. The van der Waals surface area contributed by atoms with Crippen molar-refractivity contribution in [3.63, 3.8) is 0 Å². The largest absolute Gasteiger partial charge is 0.445 e. The minimum atomic E-state index is -0.596. The molecule has 0 aliphatic carbocycles. The SMILES string of the molecule is CC(C)(C)NC(=O)c1ccc(-c2csc(NC(=O)[C@@H]3CCCN3C(=O)OCc3ccccc3)n2)cc1. The van der Waals surface area contributed by atoms with Crippen molar-refractivity contribution < 1.29 is 19.1 Å². The molecule has 1 saturated heterocycles. The molecule has 2 N–H and O–H groups in total. The quantitative estimate of drug-likeness (QED) is 0.486. The van der Waals surface area contributed by atoms with Gasteiger partial charge in [-0.2, -0.15) is 0 Å². The predicted octanol–water partition coefficient (Wildman–Crippen LogP) is 5.08. The molecule has 3 amide bonds. The molecule has 2 heterocycles. The number of carbonyl (C=O) groups is 3. The van der Waals surface area contributed by atoms with E-state index in [1.54, 1.807) is 12.1 Å². The van der Waals surface area contributed by atoms with E-state index in [1.165, 1.54) is 16.2 Å². The Hall–Kier alpha value is -3.72. The number of amides is 3. The van der Waals surface area contributed by atoms with Crippen molar-refractivity contribution >= 4 is 34.4 Å². The van der Waals surface area contributed by atoms with Crippen LogP contribution in [0, 0.1) is 0 Å². The fourth-order valence-corrected chi connectivity index (χ4v) is 4.64. The first-order valence-electron chi connectivity index (χ1n) is 11.9. The zero-order chi connectivity index (χ0) is 25.7. The number of hydrogen-bond donors (Lipinski definition) is 2. The Balaban J connectivity index is 1.35. The Bertz CT molecular complexity index is 1220. The van der Waals surface area contributed by atoms with Crippen LogP contribution in [0.5, 0.6) is 0 Å². The van der Waals surface area contributed by atoms with Crippen molar-refractivity contribution in [1.29, 1.82) is 0 Å². The van der Waals surface area contributed by atoms with Gasteiger partial charge in [0.2, 0.25) is 5.91 Å². The lowest BCUT2D eigenvalue weighted by Crippen LogP contribution is -2.43. The first-order valence-corrected chi connectivity index (χ1v) is 12.7. The number of rotatable bonds is 6. The maximum Gasteiger partial charge on any atom is 0.410 e. The molecular weight excluding hydrogens is 476 g/mol. The van der Waals surface area contributed by atoms with E-state index in [9.17, 15) is 14.4 Å². The summed E-state index contributed by atoms with van der Waals surface area (Å²) in [6.07, 6.45) is 0.811. The topological polar surface area (TPSA) is 101 Å². The van der Waals surface area contributed by atoms with Crippen LogP contribution >= 0.6 is 11.3 Å². The molecular formula is C27H30N4O4S. The van der Waals surface area contributed by atoms with Crippen molar-refractivity contribution in [3.8, 4) is 11.3 Å². The van der Waals surface area contributed by atoms with Gasteiger partial charge in [-0.1, -0.05) is 42.5 Å². The molecule has 36 heavy (non-hydrogen) atoms. The highest BCUT2D eigenvalue weighted by Crippen LogP contribution is 2.27. The van der Waals surface area contributed by atoms with Gasteiger partial charge in [0.05, 0.1) is 5.69 Å². The molecule has 0 unspecified atom stereocenters. The molecule has 8 nitrogen and oxygen atoms in total. The number of thiazole rings is 1. The number of hydrogen-bond acceptors (Lipinski definition) is 6. The number of anilines is 1. The molecule has 188 valence electrons. The number of nitrogens with one attached hydrogen (secondary N) is 2. The lowest BCUT2D eigenvalue weighted by Gasteiger charge is -2.22. The average Bonchev–Trinajstić information content (AvgIpc) is 3.52. The average molecular weight is 507 g/mol. The van der Waals surface area contributed by atoms with Crippen molar-refractivity contribution in [2.45, 2.75) is 51.8 Å². The Morgan fingerprint density at radius 3 is 2.50 bits per heavy atom. The van der Waals surface area contributed by atoms with Crippen molar-refractivity contribution in [2.24, 2.45) is 0 Å². The summed E-state index contributed by atoms with van der Waals surface area (Å²) in [7, 11) is 0. The van der Waals surface area contributed by atoms with Crippen LogP contribution in [0.4, 0.5) is 9.93 Å². The van der Waals surface area contributed by atoms with Crippen LogP contribution in [0.15, 0.2) is 60.0 Å². The van der Waals surface area contributed by atoms with E-state index in [4.69, 9.17) is 4.74 Å². The lowest BCUT2D eigenvalue weighted by atomic mass is 10.1. The highest BCUT2D eigenvalue weighted by molar-refractivity contribution is 7.14. The van der Waals surface area contributed by atoms with Gasteiger partial charge in [-0.05, 0) is 51.3 Å². The third-order valence-electron chi connectivity index (χ3n) is 5.66. The van der Waals surface area contributed by atoms with E-state index in [2.05, 4.69) is 15.6 Å². The number of nitrogens with zero attached hydrogens (tertiary/aromatic N) is 2. The molecule has 3 aromatic rings. The van der Waals surface area contributed by atoms with Gasteiger partial charge in [-0.3, -0.25) is 14.5 Å². The number of aromatic nitrogens is 1. The molecule has 4 rings (SSSR count). The summed E-state index contributed by atoms with van der Waals surface area (Å²) in [5.74, 6) is -0.414. The monoisotopic (exact) mass is 506 g/mol. The third kappa shape index (κ3) is 6.48. The normalized spacial score (nSPS) is 15.4. The Kier molecular flexibility index (Phi) is 7.69. The summed E-state index contributed by atoms with van der Waals surface area (Å²) in [6.45, 7) is 6.44. The van der Waals surface area contributed by atoms with Crippen molar-refractivity contribution in [2.75, 3.05) is 11.9 Å². The highest BCUT2D eigenvalue weighted by atomic mass is 32.1. The predicted molar refractivity (Wildman–Crippen MR) is 140 cm³/mol. The van der Waals surface area contributed by atoms with Crippen LogP contribution in [0.1, 0.15) is 49.5 Å². The van der Waals surface area contributed by atoms with Gasteiger partial charge in [-0.25, -0.2) is 9.78 Å². The van der Waals surface area contributed by atoms with Crippen LogP contribution in [0.3, 0.4) is 0 Å². The lowest BCUT2D eigenvalue weighted by molar-refractivity contribution is -0.120. The third-order valence-corrected chi connectivity index (χ3v) is 6.42. The van der Waals surface area contributed by atoms with Gasteiger partial charge in [0.15, 0.2) is 5.13 Å². The molecule has 1 aliphatic rings. The summed E-state index contributed by atoms with van der Waals surface area (Å²) in [6, 6.07) is 16.0. The summed E-state index contributed by atoms with van der Waals surface area (Å²) in [5, 5.41) is 8.08. The van der Waals surface area contributed by atoms with Crippen molar-refractivity contribution in [3.05, 3.63) is 71.1 Å². The molecule has 0 bridgehead atoms. The van der Waals surface area contributed by atoms with Gasteiger partial charge in [-0.15, -0.1) is 11.3 Å². The fourth-order valence-electron chi connectivity index (χ4n) is 3.92. The fraction of sp³-hybridized carbons (Fsp3) is 0.333. The van der Waals surface area contributed by atoms with Crippen LogP contribution in [-0.2, 0) is 16.1 Å². The number of likely N-dealkylation sites (tertiary alicyclic amines) is 1. The van der Waals surface area contributed by atoms with E-state index in [1.807, 2.05) is 68.6 Å². The standard InChI is InChI=1S/C27H30N4O4S/c1-27(2,3)30-23(32)20-13-11-19(12-14-20)21-17-36-25(28-21)29-24(33)22-10-7-15-31(22)26(34)35-16-18-8-5-4-6-9-18/h4-6,8-9,11-14,17,22H,7,10,15-16H2,1-3H3,(H,30,32)(H,28,29,33)/t22-/m0/s1. The van der Waals surface area contributed by atoms with Gasteiger partial charge < -0.3 is 15.4 Å². The molecule has 9 heteroatoms. The van der Waals surface area contributed by atoms with Gasteiger partial charge in [0, 0.05) is 28.6 Å². The first kappa shape index (κ1) is 25.4. The Morgan fingerprint density at radius 1 is 1.08 bits per heavy atom. The smallest absolute Gasteiger partial charge is 0.410 e. The second-order valence-corrected chi connectivity index (χ2v) is 10.6. The van der Waals surface area contributed by atoms with Crippen LogP contribution in [0.2, 0.25) is 0 Å². The van der Waals surface area contributed by atoms with E-state index in [0.717, 1.165) is 17.5 Å². The summed E-state index contributed by atoms with van der Waals surface area (Å²) in [4.78, 5) is 43.9. The van der Waals surface area contributed by atoms with Crippen LogP contribution in [-0.4, -0.2) is 45.9 Å². The molecule has 2 aromatic carbocycles. The van der Waals surface area contributed by atoms with Gasteiger partial charge in [0.25, 0.3) is 5.91 Å². The summed E-state index contributed by atoms with van der Waals surface area (Å²) in [5.41, 5.74) is 2.68. The maximum absolute atomic E-state index is 12.9. The molecule has 1 aromatic heterocycles. The number of ether oxygens (including phenoxy) is 1. The molecule has 1 aliphatic heterocycles. The minimum absolute atomic E-state index is 0.135. The molecule has 0 spiro atoms. The Labute approximate surface area is 214 Å². The van der Waals surface area contributed by atoms with E-state index < -0.39 is 12.1 Å². The second kappa shape index (κ2) is 10.9. The minimum Gasteiger partial charge on any atom is -0.445 e. The van der Waals surface area contributed by atoms with Crippen LogP contribution < -0.4 is 10.6 Å². The van der Waals surface area contributed by atoms with E-state index in [-0.39, 0.29) is 24.0 Å². The Morgan fingerprint density at radius 2 is 1.81 bits per heavy atom. The number of carbonyl (C=O) groups excluding carboxylic acids is 3. The zero-order valence-corrected chi connectivity index (χ0v) is 21.4. The second-order valence-electron chi connectivity index (χ2n) is 9.70. The van der Waals surface area contributed by atoms with E-state index >= 15 is 0 Å². The molecule has 1 atom stereocenters. The molecule has 1 fully saturated rings. The summed E-state index contributed by atoms with van der Waals surface area (Å²) >= 11 is 1.31. The van der Waals surface area contributed by atoms with Gasteiger partial charge in [0.1, 0.15) is 12.6 Å². The molecule has 0 radical (unpaired) electrons. The summed E-state index contributed by atoms with van der Waals surface area (Å²) < 4.78 is 5.42. The van der Waals surface area contributed by atoms with Crippen molar-refractivity contribution in [1.82, 2.24) is 15.2 Å². The first-order chi connectivity index (χ1) is 17.2. The van der Waals surface area contributed by atoms with Crippen LogP contribution in [0.25, 0.3) is 11.3 Å². The van der Waals surface area contributed by atoms with E-state index in [0.29, 0.717) is 29.4 Å².